The highest BCUT2D eigenvalue weighted by Gasteiger charge is 2.15. The summed E-state index contributed by atoms with van der Waals surface area (Å²) in [6, 6.07) is 7.46. The highest BCUT2D eigenvalue weighted by molar-refractivity contribution is 7.90. The first kappa shape index (κ1) is 14.5. The van der Waals surface area contributed by atoms with Gasteiger partial charge in [0.15, 0.2) is 9.84 Å². The lowest BCUT2D eigenvalue weighted by Gasteiger charge is -2.07. The number of anilines is 1. The van der Waals surface area contributed by atoms with Gasteiger partial charge in [-0.2, -0.15) is 0 Å². The maximum absolute atomic E-state index is 12.0. The molecule has 0 spiro atoms. The van der Waals surface area contributed by atoms with Crippen molar-refractivity contribution in [3.63, 3.8) is 0 Å². The monoisotopic (exact) mass is 310 g/mol. The van der Waals surface area contributed by atoms with Crippen LogP contribution in [0.3, 0.4) is 0 Å². The number of hydrogen-bond donors (Lipinski definition) is 1. The third kappa shape index (κ3) is 3.34. The Kier molecular flexibility index (Phi) is 4.06. The van der Waals surface area contributed by atoms with E-state index < -0.39 is 15.7 Å². The van der Waals surface area contributed by atoms with Crippen molar-refractivity contribution < 1.29 is 13.2 Å². The van der Waals surface area contributed by atoms with Gasteiger partial charge in [0, 0.05) is 18.0 Å². The third-order valence-electron chi connectivity index (χ3n) is 2.51. The summed E-state index contributed by atoms with van der Waals surface area (Å²) >= 11 is 5.82. The molecule has 0 aliphatic heterocycles. The first-order chi connectivity index (χ1) is 9.38. The van der Waals surface area contributed by atoms with Gasteiger partial charge in [-0.3, -0.25) is 9.78 Å². The molecule has 0 atom stereocenters. The molecule has 1 heterocycles. The number of carbonyl (C=O) groups excluding carboxylic acids is 1. The van der Waals surface area contributed by atoms with Crippen LogP contribution in [0.4, 0.5) is 5.69 Å². The summed E-state index contributed by atoms with van der Waals surface area (Å²) in [6.45, 7) is 0. The van der Waals surface area contributed by atoms with Gasteiger partial charge in [-0.25, -0.2) is 8.42 Å². The second-order valence-corrected chi connectivity index (χ2v) is 6.50. The Morgan fingerprint density at radius 3 is 2.65 bits per heavy atom. The van der Waals surface area contributed by atoms with Crippen LogP contribution < -0.4 is 5.32 Å². The van der Waals surface area contributed by atoms with E-state index in [1.807, 2.05) is 0 Å². The molecule has 0 fully saturated rings. The van der Waals surface area contributed by atoms with Crippen LogP contribution in [0.15, 0.2) is 47.6 Å². The molecule has 1 aromatic heterocycles. The average molecular weight is 311 g/mol. The van der Waals surface area contributed by atoms with Crippen molar-refractivity contribution in [1.82, 2.24) is 4.98 Å². The number of benzene rings is 1. The molecule has 5 nitrogen and oxygen atoms in total. The van der Waals surface area contributed by atoms with Crippen molar-refractivity contribution in [2.24, 2.45) is 0 Å². The number of nitrogens with zero attached hydrogens (tertiary/aromatic N) is 1. The summed E-state index contributed by atoms with van der Waals surface area (Å²) in [6.07, 6.45) is 4.11. The van der Waals surface area contributed by atoms with Crippen molar-refractivity contribution in [3.05, 3.63) is 53.3 Å². The Morgan fingerprint density at radius 2 is 2.05 bits per heavy atom. The minimum absolute atomic E-state index is 0.0713. The van der Waals surface area contributed by atoms with Gasteiger partial charge in [-0.1, -0.05) is 11.6 Å². The van der Waals surface area contributed by atoms with Crippen LogP contribution in [0.5, 0.6) is 0 Å². The zero-order valence-electron chi connectivity index (χ0n) is 10.5. The molecule has 2 rings (SSSR count). The van der Waals surface area contributed by atoms with E-state index >= 15 is 0 Å². The van der Waals surface area contributed by atoms with E-state index in [2.05, 4.69) is 10.3 Å². The summed E-state index contributed by atoms with van der Waals surface area (Å²) < 4.78 is 23.1. The van der Waals surface area contributed by atoms with Gasteiger partial charge in [0.2, 0.25) is 0 Å². The molecule has 0 bridgehead atoms. The average Bonchev–Trinajstić information content (AvgIpc) is 2.39. The molecule has 1 aromatic carbocycles. The number of sulfone groups is 1. The van der Waals surface area contributed by atoms with Crippen molar-refractivity contribution in [1.29, 1.82) is 0 Å². The molecule has 0 radical (unpaired) electrons. The Labute approximate surface area is 121 Å². The quantitative estimate of drug-likeness (QED) is 0.944. The maximum atomic E-state index is 12.0. The molecule has 0 saturated heterocycles. The predicted octanol–water partition coefficient (Wildman–Crippen LogP) is 2.39. The number of carbonyl (C=O) groups is 1. The summed E-state index contributed by atoms with van der Waals surface area (Å²) in [4.78, 5) is 15.8. The number of pyridine rings is 1. The summed E-state index contributed by atoms with van der Waals surface area (Å²) in [5, 5.41) is 2.71. The Bertz CT molecular complexity index is 745. The smallest absolute Gasteiger partial charge is 0.255 e. The molecule has 104 valence electrons. The van der Waals surface area contributed by atoms with Crippen LogP contribution in [0.2, 0.25) is 5.02 Å². The van der Waals surface area contributed by atoms with Gasteiger partial charge < -0.3 is 5.32 Å². The highest BCUT2D eigenvalue weighted by Crippen LogP contribution is 2.23. The van der Waals surface area contributed by atoms with Crippen LogP contribution >= 0.6 is 11.6 Å². The SMILES string of the molecule is CS(=O)(=O)c1cc(C(=O)Nc2cccnc2)ccc1Cl. The van der Waals surface area contributed by atoms with Crippen LogP contribution in [-0.4, -0.2) is 25.6 Å². The van der Waals surface area contributed by atoms with E-state index in [4.69, 9.17) is 11.6 Å². The second kappa shape index (κ2) is 5.60. The Balaban J connectivity index is 2.32. The molecule has 2 aromatic rings. The van der Waals surface area contributed by atoms with Crippen molar-refractivity contribution in [3.8, 4) is 0 Å². The minimum Gasteiger partial charge on any atom is -0.321 e. The topological polar surface area (TPSA) is 76.1 Å². The Hall–Kier alpha value is -1.92. The van der Waals surface area contributed by atoms with Gasteiger partial charge in [-0.05, 0) is 30.3 Å². The number of hydrogen-bond acceptors (Lipinski definition) is 4. The van der Waals surface area contributed by atoms with Crippen molar-refractivity contribution in [2.45, 2.75) is 4.90 Å². The van der Waals surface area contributed by atoms with Gasteiger partial charge in [0.1, 0.15) is 0 Å². The number of nitrogens with one attached hydrogen (secondary N) is 1. The molecule has 0 saturated carbocycles. The standard InChI is InChI=1S/C13H11ClN2O3S/c1-20(18,19)12-7-9(4-5-11(12)14)13(17)16-10-3-2-6-15-8-10/h2-8H,1H3,(H,16,17). The predicted molar refractivity (Wildman–Crippen MR) is 76.8 cm³/mol. The fraction of sp³-hybridized carbons (Fsp3) is 0.0769. The number of halogens is 1. The van der Waals surface area contributed by atoms with E-state index in [0.717, 1.165) is 6.26 Å². The molecule has 1 N–H and O–H groups in total. The third-order valence-corrected chi connectivity index (χ3v) is 4.09. The van der Waals surface area contributed by atoms with Crippen LogP contribution in [0.1, 0.15) is 10.4 Å². The van der Waals surface area contributed by atoms with E-state index in [-0.39, 0.29) is 15.5 Å². The normalized spacial score (nSPS) is 11.1. The lowest BCUT2D eigenvalue weighted by atomic mass is 10.2. The van der Waals surface area contributed by atoms with Crippen LogP contribution in [-0.2, 0) is 9.84 Å². The molecule has 7 heteroatoms. The fourth-order valence-corrected chi connectivity index (χ4v) is 2.87. The molecular weight excluding hydrogens is 300 g/mol. The maximum Gasteiger partial charge on any atom is 0.255 e. The molecular formula is C13H11ClN2O3S. The number of aromatic nitrogens is 1. The molecule has 0 unspecified atom stereocenters. The molecule has 0 aliphatic carbocycles. The second-order valence-electron chi connectivity index (χ2n) is 4.11. The van der Waals surface area contributed by atoms with Crippen LogP contribution in [0, 0.1) is 0 Å². The zero-order chi connectivity index (χ0) is 14.8. The number of rotatable bonds is 3. The van der Waals surface area contributed by atoms with Gasteiger partial charge in [0.25, 0.3) is 5.91 Å². The lowest BCUT2D eigenvalue weighted by Crippen LogP contribution is -2.13. The summed E-state index contributed by atoms with van der Waals surface area (Å²) in [5.74, 6) is -0.431. The zero-order valence-corrected chi connectivity index (χ0v) is 12.1. The molecule has 0 aliphatic rings. The van der Waals surface area contributed by atoms with E-state index in [0.29, 0.717) is 5.69 Å². The Morgan fingerprint density at radius 1 is 1.30 bits per heavy atom. The number of amides is 1. The highest BCUT2D eigenvalue weighted by atomic mass is 35.5. The molecule has 20 heavy (non-hydrogen) atoms. The first-order valence-corrected chi connectivity index (χ1v) is 7.86. The van der Waals surface area contributed by atoms with Gasteiger partial charge in [-0.15, -0.1) is 0 Å². The minimum atomic E-state index is -3.49. The first-order valence-electron chi connectivity index (χ1n) is 5.59. The van der Waals surface area contributed by atoms with Crippen LogP contribution in [0.25, 0.3) is 0 Å². The van der Waals surface area contributed by atoms with Gasteiger partial charge in [0.05, 0.1) is 21.8 Å². The molecule has 1 amide bonds. The van der Waals surface area contributed by atoms with Crippen molar-refractivity contribution in [2.75, 3.05) is 11.6 Å². The van der Waals surface area contributed by atoms with E-state index in [1.165, 1.54) is 24.4 Å². The fourth-order valence-electron chi connectivity index (χ4n) is 1.57. The lowest BCUT2D eigenvalue weighted by molar-refractivity contribution is 0.102. The summed E-state index contributed by atoms with van der Waals surface area (Å²) in [7, 11) is -3.49. The largest absolute Gasteiger partial charge is 0.321 e. The summed E-state index contributed by atoms with van der Waals surface area (Å²) in [5.41, 5.74) is 0.729. The van der Waals surface area contributed by atoms with E-state index in [9.17, 15) is 13.2 Å². The van der Waals surface area contributed by atoms with Gasteiger partial charge >= 0.3 is 0 Å². The van der Waals surface area contributed by atoms with E-state index in [1.54, 1.807) is 18.3 Å². The van der Waals surface area contributed by atoms with Crippen molar-refractivity contribution >= 4 is 33.0 Å².